The van der Waals surface area contributed by atoms with Crippen molar-refractivity contribution in [3.63, 3.8) is 0 Å². The summed E-state index contributed by atoms with van der Waals surface area (Å²) < 4.78 is 0. The van der Waals surface area contributed by atoms with E-state index in [4.69, 9.17) is 16.7 Å². The van der Waals surface area contributed by atoms with Crippen LogP contribution in [0.3, 0.4) is 0 Å². The highest BCUT2D eigenvalue weighted by Crippen LogP contribution is 2.33. The summed E-state index contributed by atoms with van der Waals surface area (Å²) in [5.74, 6) is -1.04. The number of aromatic amines is 1. The van der Waals surface area contributed by atoms with Crippen LogP contribution in [0.2, 0.25) is 5.02 Å². The van der Waals surface area contributed by atoms with Crippen LogP contribution in [0.25, 0.3) is 10.9 Å². The van der Waals surface area contributed by atoms with Gasteiger partial charge in [-0.3, -0.25) is 4.79 Å². The largest absolute Gasteiger partial charge is 0.481 e. The SMILES string of the molecule is O=C(O)C1CNC(c2cccc3c(Cl)c[nH]c23)C1. The molecular formula is C13H13ClN2O2. The fourth-order valence-corrected chi connectivity index (χ4v) is 2.81. The number of carboxylic acids is 1. The van der Waals surface area contributed by atoms with Crippen molar-refractivity contribution in [3.05, 3.63) is 35.0 Å². The average Bonchev–Trinajstić information content (AvgIpc) is 2.97. The summed E-state index contributed by atoms with van der Waals surface area (Å²) in [5, 5.41) is 14.0. The first-order chi connectivity index (χ1) is 8.66. The molecule has 5 heteroatoms. The quantitative estimate of drug-likeness (QED) is 0.781. The molecule has 3 rings (SSSR count). The number of para-hydroxylation sites is 1. The Morgan fingerprint density at radius 2 is 2.28 bits per heavy atom. The molecule has 94 valence electrons. The van der Waals surface area contributed by atoms with Crippen LogP contribution in [0.5, 0.6) is 0 Å². The van der Waals surface area contributed by atoms with Gasteiger partial charge in [-0.2, -0.15) is 0 Å². The number of halogens is 1. The van der Waals surface area contributed by atoms with Crippen molar-refractivity contribution in [2.24, 2.45) is 5.92 Å². The van der Waals surface area contributed by atoms with Gasteiger partial charge >= 0.3 is 5.97 Å². The molecule has 2 aromatic rings. The topological polar surface area (TPSA) is 65.1 Å². The molecule has 1 fully saturated rings. The second kappa shape index (κ2) is 4.30. The van der Waals surface area contributed by atoms with E-state index in [1.54, 1.807) is 6.20 Å². The van der Waals surface area contributed by atoms with E-state index in [-0.39, 0.29) is 12.0 Å². The van der Waals surface area contributed by atoms with Gasteiger partial charge in [-0.1, -0.05) is 29.8 Å². The van der Waals surface area contributed by atoms with Crippen molar-refractivity contribution in [3.8, 4) is 0 Å². The lowest BCUT2D eigenvalue weighted by molar-refractivity contribution is -0.141. The van der Waals surface area contributed by atoms with Crippen LogP contribution >= 0.6 is 11.6 Å². The highest BCUT2D eigenvalue weighted by Gasteiger charge is 2.31. The Bertz CT molecular complexity index is 608. The third-order valence-corrected chi connectivity index (χ3v) is 3.87. The van der Waals surface area contributed by atoms with Crippen LogP contribution in [0.15, 0.2) is 24.4 Å². The molecule has 2 atom stereocenters. The summed E-state index contributed by atoms with van der Waals surface area (Å²) in [6.45, 7) is 0.519. The third kappa shape index (κ3) is 1.78. The summed E-state index contributed by atoms with van der Waals surface area (Å²) in [4.78, 5) is 14.1. The Morgan fingerprint density at radius 1 is 1.44 bits per heavy atom. The first-order valence-corrected chi connectivity index (χ1v) is 6.26. The van der Waals surface area contributed by atoms with Crippen molar-refractivity contribution in [1.29, 1.82) is 0 Å². The number of H-pyrrole nitrogens is 1. The van der Waals surface area contributed by atoms with Crippen LogP contribution in [-0.2, 0) is 4.79 Å². The number of carboxylic acid groups (broad SMARTS) is 1. The van der Waals surface area contributed by atoms with Gasteiger partial charge < -0.3 is 15.4 Å². The van der Waals surface area contributed by atoms with Gasteiger partial charge in [0.2, 0.25) is 0 Å². The first kappa shape index (κ1) is 11.6. The molecule has 1 aromatic heterocycles. The summed E-state index contributed by atoms with van der Waals surface area (Å²) in [7, 11) is 0. The Morgan fingerprint density at radius 3 is 3.00 bits per heavy atom. The van der Waals surface area contributed by atoms with Crippen molar-refractivity contribution in [2.45, 2.75) is 12.5 Å². The summed E-state index contributed by atoms with van der Waals surface area (Å²) in [6.07, 6.45) is 2.38. The maximum Gasteiger partial charge on any atom is 0.307 e. The predicted molar refractivity (Wildman–Crippen MR) is 69.8 cm³/mol. The number of aromatic nitrogens is 1. The van der Waals surface area contributed by atoms with E-state index in [1.807, 2.05) is 18.2 Å². The van der Waals surface area contributed by atoms with E-state index in [9.17, 15) is 4.79 Å². The van der Waals surface area contributed by atoms with E-state index in [0.717, 1.165) is 16.5 Å². The van der Waals surface area contributed by atoms with Crippen LogP contribution in [0.1, 0.15) is 18.0 Å². The number of rotatable bonds is 2. The van der Waals surface area contributed by atoms with Crippen LogP contribution < -0.4 is 5.32 Å². The highest BCUT2D eigenvalue weighted by molar-refractivity contribution is 6.35. The Labute approximate surface area is 109 Å². The molecule has 1 saturated heterocycles. The predicted octanol–water partition coefficient (Wildman–Crippen LogP) is 2.56. The smallest absolute Gasteiger partial charge is 0.307 e. The monoisotopic (exact) mass is 264 g/mol. The highest BCUT2D eigenvalue weighted by atomic mass is 35.5. The molecule has 0 aliphatic carbocycles. The van der Waals surface area contributed by atoms with Gasteiger partial charge in [0, 0.05) is 24.2 Å². The molecule has 1 aromatic carbocycles. The van der Waals surface area contributed by atoms with E-state index >= 15 is 0 Å². The number of fused-ring (bicyclic) bond motifs is 1. The maximum atomic E-state index is 11.0. The zero-order valence-corrected chi connectivity index (χ0v) is 10.4. The molecule has 0 radical (unpaired) electrons. The number of hydrogen-bond donors (Lipinski definition) is 3. The van der Waals surface area contributed by atoms with Crippen molar-refractivity contribution in [1.82, 2.24) is 10.3 Å². The number of nitrogens with one attached hydrogen (secondary N) is 2. The molecular weight excluding hydrogens is 252 g/mol. The second-order valence-electron chi connectivity index (χ2n) is 4.64. The lowest BCUT2D eigenvalue weighted by atomic mass is 9.98. The van der Waals surface area contributed by atoms with E-state index in [2.05, 4.69) is 10.3 Å². The third-order valence-electron chi connectivity index (χ3n) is 3.55. The molecule has 2 unspecified atom stereocenters. The van der Waals surface area contributed by atoms with Gasteiger partial charge in [-0.25, -0.2) is 0 Å². The summed E-state index contributed by atoms with van der Waals surface area (Å²) in [6, 6.07) is 6.00. The summed E-state index contributed by atoms with van der Waals surface area (Å²) in [5.41, 5.74) is 2.08. The molecule has 0 amide bonds. The standard InChI is InChI=1S/C13H13ClN2O2/c14-10-6-16-12-8(10)2-1-3-9(12)11-4-7(5-15-11)13(17)18/h1-3,6-7,11,15-16H,4-5H2,(H,17,18). The van der Waals surface area contributed by atoms with Gasteiger partial charge in [0.05, 0.1) is 16.5 Å². The van der Waals surface area contributed by atoms with Gasteiger partial charge in [0.25, 0.3) is 0 Å². The number of benzene rings is 1. The molecule has 4 nitrogen and oxygen atoms in total. The Kier molecular flexibility index (Phi) is 2.76. The zero-order valence-electron chi connectivity index (χ0n) is 9.61. The molecule has 0 bridgehead atoms. The fourth-order valence-electron chi connectivity index (χ4n) is 2.59. The van der Waals surface area contributed by atoms with Crippen LogP contribution in [0, 0.1) is 5.92 Å². The number of hydrogen-bond acceptors (Lipinski definition) is 2. The van der Waals surface area contributed by atoms with E-state index in [0.29, 0.717) is 18.0 Å². The molecule has 3 N–H and O–H groups in total. The first-order valence-electron chi connectivity index (χ1n) is 5.88. The minimum atomic E-state index is -0.735. The zero-order chi connectivity index (χ0) is 12.7. The Balaban J connectivity index is 1.98. The molecule has 0 saturated carbocycles. The molecule has 1 aliphatic heterocycles. The van der Waals surface area contributed by atoms with E-state index < -0.39 is 5.97 Å². The van der Waals surface area contributed by atoms with Gasteiger partial charge in [0.15, 0.2) is 0 Å². The van der Waals surface area contributed by atoms with Gasteiger partial charge in [-0.05, 0) is 12.0 Å². The summed E-state index contributed by atoms with van der Waals surface area (Å²) >= 11 is 6.08. The molecule has 2 heterocycles. The van der Waals surface area contributed by atoms with Crippen LogP contribution in [-0.4, -0.2) is 22.6 Å². The fraction of sp³-hybridized carbons (Fsp3) is 0.308. The van der Waals surface area contributed by atoms with Gasteiger partial charge in [-0.15, -0.1) is 0 Å². The minimum Gasteiger partial charge on any atom is -0.481 e. The van der Waals surface area contributed by atoms with Crippen molar-refractivity contribution < 1.29 is 9.90 Å². The molecule has 18 heavy (non-hydrogen) atoms. The van der Waals surface area contributed by atoms with Crippen LogP contribution in [0.4, 0.5) is 0 Å². The minimum absolute atomic E-state index is 0.0736. The van der Waals surface area contributed by atoms with E-state index in [1.165, 1.54) is 0 Å². The lowest BCUT2D eigenvalue weighted by Gasteiger charge is -2.11. The average molecular weight is 265 g/mol. The molecule has 0 spiro atoms. The van der Waals surface area contributed by atoms with Crippen molar-refractivity contribution in [2.75, 3.05) is 6.54 Å². The Hall–Kier alpha value is -1.52. The van der Waals surface area contributed by atoms with Crippen molar-refractivity contribution >= 4 is 28.5 Å². The van der Waals surface area contributed by atoms with Gasteiger partial charge in [0.1, 0.15) is 0 Å². The lowest BCUT2D eigenvalue weighted by Crippen LogP contribution is -2.17. The second-order valence-corrected chi connectivity index (χ2v) is 5.05. The normalized spacial score (nSPS) is 23.6. The maximum absolute atomic E-state index is 11.0. The number of aliphatic carboxylic acids is 1. The molecule has 1 aliphatic rings. The number of carbonyl (C=O) groups is 1.